The summed E-state index contributed by atoms with van der Waals surface area (Å²) in [7, 11) is 1.78. The smallest absolute Gasteiger partial charge is 0.233 e. The van der Waals surface area contributed by atoms with E-state index in [1.807, 2.05) is 28.8 Å². The molecule has 28 heavy (non-hydrogen) atoms. The fraction of sp³-hybridized carbons (Fsp3) is 0.300. The first-order valence-electron chi connectivity index (χ1n) is 8.96. The van der Waals surface area contributed by atoms with Crippen LogP contribution in [0.4, 0.5) is 0 Å². The minimum absolute atomic E-state index is 0.0167. The van der Waals surface area contributed by atoms with Crippen LogP contribution in [-0.2, 0) is 17.9 Å². The molecule has 3 rings (SSSR count). The lowest BCUT2D eigenvalue weighted by Crippen LogP contribution is -2.28. The Hall–Kier alpha value is -2.38. The summed E-state index contributed by atoms with van der Waals surface area (Å²) < 4.78 is 2.05. The molecule has 0 bridgehead atoms. The summed E-state index contributed by atoms with van der Waals surface area (Å²) in [4.78, 5) is 18.2. The molecule has 6 nitrogen and oxygen atoms in total. The number of halogens is 1. The SMILES string of the molecule is CCn1c(SCC(=O)N(C)Cc2ccc(Cl)nc2)nnc1-c1ccccc1C. The van der Waals surface area contributed by atoms with Crippen LogP contribution in [0.15, 0.2) is 47.8 Å². The van der Waals surface area contributed by atoms with E-state index in [4.69, 9.17) is 11.6 Å². The van der Waals surface area contributed by atoms with Crippen molar-refractivity contribution in [3.05, 3.63) is 58.9 Å². The number of hydrogen-bond acceptors (Lipinski definition) is 5. The van der Waals surface area contributed by atoms with Crippen molar-refractivity contribution in [3.8, 4) is 11.4 Å². The largest absolute Gasteiger partial charge is 0.341 e. The maximum absolute atomic E-state index is 12.5. The third kappa shape index (κ3) is 4.72. The third-order valence-corrected chi connectivity index (χ3v) is 5.55. The van der Waals surface area contributed by atoms with Crippen LogP contribution in [0.3, 0.4) is 0 Å². The Morgan fingerprint density at radius 2 is 2.00 bits per heavy atom. The molecule has 146 valence electrons. The van der Waals surface area contributed by atoms with E-state index in [9.17, 15) is 4.79 Å². The average Bonchev–Trinajstić information content (AvgIpc) is 3.10. The molecule has 0 N–H and O–H groups in total. The number of carbonyl (C=O) groups is 1. The van der Waals surface area contributed by atoms with E-state index < -0.39 is 0 Å². The number of pyridine rings is 1. The zero-order valence-corrected chi connectivity index (χ0v) is 17.7. The Bertz CT molecular complexity index is 957. The normalized spacial score (nSPS) is 10.9. The molecule has 0 saturated carbocycles. The zero-order chi connectivity index (χ0) is 20.1. The Kier molecular flexibility index (Phi) is 6.70. The van der Waals surface area contributed by atoms with E-state index in [0.717, 1.165) is 34.2 Å². The standard InChI is InChI=1S/C20H22ClN5OS/c1-4-26-19(16-8-6-5-7-14(16)2)23-24-20(26)28-13-18(27)25(3)12-15-9-10-17(21)22-11-15/h5-11H,4,12-13H2,1-3H3. The molecule has 0 spiro atoms. The summed E-state index contributed by atoms with van der Waals surface area (Å²) in [5.74, 6) is 1.14. The molecular formula is C20H22ClN5OS. The highest BCUT2D eigenvalue weighted by Crippen LogP contribution is 2.26. The van der Waals surface area contributed by atoms with Crippen molar-refractivity contribution in [2.24, 2.45) is 0 Å². The predicted molar refractivity (Wildman–Crippen MR) is 112 cm³/mol. The van der Waals surface area contributed by atoms with Crippen molar-refractivity contribution in [1.29, 1.82) is 0 Å². The molecule has 0 atom stereocenters. The van der Waals surface area contributed by atoms with E-state index in [0.29, 0.717) is 17.5 Å². The lowest BCUT2D eigenvalue weighted by molar-refractivity contribution is -0.127. The van der Waals surface area contributed by atoms with Crippen molar-refractivity contribution in [2.45, 2.75) is 32.1 Å². The summed E-state index contributed by atoms with van der Waals surface area (Å²) in [6, 6.07) is 11.7. The number of aromatic nitrogens is 4. The predicted octanol–water partition coefficient (Wildman–Crippen LogP) is 4.07. The van der Waals surface area contributed by atoms with Crippen molar-refractivity contribution >= 4 is 29.3 Å². The summed E-state index contributed by atoms with van der Waals surface area (Å²) in [6.45, 7) is 5.33. The first kappa shape index (κ1) is 20.4. The van der Waals surface area contributed by atoms with Gasteiger partial charge in [-0.3, -0.25) is 4.79 Å². The molecule has 0 unspecified atom stereocenters. The van der Waals surface area contributed by atoms with E-state index in [2.05, 4.69) is 35.1 Å². The second kappa shape index (κ2) is 9.21. The van der Waals surface area contributed by atoms with Crippen LogP contribution in [0, 0.1) is 6.92 Å². The molecule has 0 aliphatic heterocycles. The van der Waals surface area contributed by atoms with E-state index in [1.54, 1.807) is 24.2 Å². The van der Waals surface area contributed by atoms with Gasteiger partial charge >= 0.3 is 0 Å². The number of carbonyl (C=O) groups excluding carboxylic acids is 1. The number of thioether (sulfide) groups is 1. The van der Waals surface area contributed by atoms with Gasteiger partial charge in [-0.25, -0.2) is 4.98 Å². The fourth-order valence-corrected chi connectivity index (χ4v) is 3.86. The zero-order valence-electron chi connectivity index (χ0n) is 16.1. The number of nitrogens with zero attached hydrogens (tertiary/aromatic N) is 5. The van der Waals surface area contributed by atoms with Crippen LogP contribution in [0.5, 0.6) is 0 Å². The molecule has 0 fully saturated rings. The van der Waals surface area contributed by atoms with Crippen molar-refractivity contribution < 1.29 is 4.79 Å². The van der Waals surface area contributed by atoms with Crippen LogP contribution >= 0.6 is 23.4 Å². The minimum Gasteiger partial charge on any atom is -0.341 e. The molecule has 0 aliphatic carbocycles. The Morgan fingerprint density at radius 3 is 2.68 bits per heavy atom. The molecule has 8 heteroatoms. The van der Waals surface area contributed by atoms with Crippen molar-refractivity contribution in [1.82, 2.24) is 24.6 Å². The molecule has 1 amide bonds. The van der Waals surface area contributed by atoms with Crippen molar-refractivity contribution in [2.75, 3.05) is 12.8 Å². The number of benzene rings is 1. The lowest BCUT2D eigenvalue weighted by atomic mass is 10.1. The van der Waals surface area contributed by atoms with Gasteiger partial charge in [0.2, 0.25) is 5.91 Å². The monoisotopic (exact) mass is 415 g/mol. The Balaban J connectivity index is 1.66. The van der Waals surface area contributed by atoms with E-state index >= 15 is 0 Å². The van der Waals surface area contributed by atoms with Gasteiger partial charge in [0, 0.05) is 31.9 Å². The van der Waals surface area contributed by atoms with Crippen LogP contribution < -0.4 is 0 Å². The number of rotatable bonds is 7. The third-order valence-electron chi connectivity index (χ3n) is 4.38. The second-order valence-corrected chi connectivity index (χ2v) is 7.72. The Labute approximate surface area is 173 Å². The highest BCUT2D eigenvalue weighted by atomic mass is 35.5. The van der Waals surface area contributed by atoms with Gasteiger partial charge < -0.3 is 9.47 Å². The highest BCUT2D eigenvalue weighted by molar-refractivity contribution is 7.99. The first-order chi connectivity index (χ1) is 13.5. The van der Waals surface area contributed by atoms with Gasteiger partial charge in [-0.15, -0.1) is 10.2 Å². The quantitative estimate of drug-likeness (QED) is 0.430. The maximum Gasteiger partial charge on any atom is 0.233 e. The maximum atomic E-state index is 12.5. The van der Waals surface area contributed by atoms with Crippen LogP contribution in [0.1, 0.15) is 18.1 Å². The fourth-order valence-electron chi connectivity index (χ4n) is 2.80. The van der Waals surface area contributed by atoms with E-state index in [-0.39, 0.29) is 5.91 Å². The van der Waals surface area contributed by atoms with Gasteiger partial charge in [-0.05, 0) is 31.0 Å². The molecule has 3 aromatic rings. The number of hydrogen-bond donors (Lipinski definition) is 0. The summed E-state index contributed by atoms with van der Waals surface area (Å²) in [5.41, 5.74) is 3.14. The number of aryl methyl sites for hydroxylation is 1. The van der Waals surface area contributed by atoms with Gasteiger partial charge in [0.25, 0.3) is 0 Å². The summed E-state index contributed by atoms with van der Waals surface area (Å²) >= 11 is 7.21. The molecule has 0 saturated heterocycles. The van der Waals surface area contributed by atoms with Gasteiger partial charge in [-0.2, -0.15) is 0 Å². The van der Waals surface area contributed by atoms with Crippen LogP contribution in [0.2, 0.25) is 5.15 Å². The van der Waals surface area contributed by atoms with Gasteiger partial charge in [0.1, 0.15) is 5.15 Å². The Morgan fingerprint density at radius 1 is 1.21 bits per heavy atom. The van der Waals surface area contributed by atoms with Crippen LogP contribution in [-0.4, -0.2) is 43.4 Å². The van der Waals surface area contributed by atoms with Crippen LogP contribution in [0.25, 0.3) is 11.4 Å². The summed E-state index contributed by atoms with van der Waals surface area (Å²) in [5, 5.41) is 9.86. The second-order valence-electron chi connectivity index (χ2n) is 6.39. The molecule has 2 aromatic heterocycles. The topological polar surface area (TPSA) is 63.9 Å². The highest BCUT2D eigenvalue weighted by Gasteiger charge is 2.17. The van der Waals surface area contributed by atoms with Gasteiger partial charge in [-0.1, -0.05) is 53.7 Å². The summed E-state index contributed by atoms with van der Waals surface area (Å²) in [6.07, 6.45) is 1.68. The lowest BCUT2D eigenvalue weighted by Gasteiger charge is -2.17. The van der Waals surface area contributed by atoms with Gasteiger partial charge in [0.05, 0.1) is 5.75 Å². The molecule has 2 heterocycles. The molecule has 0 radical (unpaired) electrons. The van der Waals surface area contributed by atoms with Gasteiger partial charge in [0.15, 0.2) is 11.0 Å². The van der Waals surface area contributed by atoms with E-state index in [1.165, 1.54) is 11.8 Å². The molecular weight excluding hydrogens is 394 g/mol. The number of amides is 1. The molecule has 0 aliphatic rings. The molecule has 1 aromatic carbocycles. The van der Waals surface area contributed by atoms with Crippen molar-refractivity contribution in [3.63, 3.8) is 0 Å². The minimum atomic E-state index is 0.0167. The average molecular weight is 416 g/mol. The first-order valence-corrected chi connectivity index (χ1v) is 10.3.